The SMILES string of the molecule is O=C(OC[C@H]1O[C@H](O)[C@H](O)[C@@H](O)[C@H]1O)[C@H]1C[C@@H]1C(=O)c1ccc(Cl)c(Cl)c1. The molecular formula is C17H18Cl2O8. The van der Waals surface area contributed by atoms with Crippen LogP contribution < -0.4 is 0 Å². The summed E-state index contributed by atoms with van der Waals surface area (Å²) in [6.45, 7) is -0.439. The fraction of sp³-hybridized carbons (Fsp3) is 0.529. The Bertz CT molecular complexity index is 742. The predicted molar refractivity (Wildman–Crippen MR) is 92.2 cm³/mol. The molecule has 27 heavy (non-hydrogen) atoms. The van der Waals surface area contributed by atoms with Gasteiger partial charge in [-0.25, -0.2) is 0 Å². The van der Waals surface area contributed by atoms with Crippen molar-refractivity contribution in [2.45, 2.75) is 37.1 Å². The highest BCUT2D eigenvalue weighted by molar-refractivity contribution is 6.42. The molecule has 4 N–H and O–H groups in total. The number of hydrogen-bond acceptors (Lipinski definition) is 8. The lowest BCUT2D eigenvalue weighted by atomic mass is 9.99. The lowest BCUT2D eigenvalue weighted by Crippen LogP contribution is -2.58. The summed E-state index contributed by atoms with van der Waals surface area (Å²) >= 11 is 11.7. The lowest BCUT2D eigenvalue weighted by Gasteiger charge is -2.37. The molecule has 1 aromatic rings. The number of rotatable bonds is 5. The molecule has 0 unspecified atom stereocenters. The molecule has 1 heterocycles. The third-order valence-corrected chi connectivity index (χ3v) is 5.45. The van der Waals surface area contributed by atoms with Gasteiger partial charge in [-0.3, -0.25) is 9.59 Å². The number of hydrogen-bond donors (Lipinski definition) is 4. The Morgan fingerprint density at radius 3 is 2.41 bits per heavy atom. The molecule has 10 heteroatoms. The Kier molecular flexibility index (Phi) is 6.07. The number of aliphatic hydroxyl groups excluding tert-OH is 4. The van der Waals surface area contributed by atoms with Crippen molar-refractivity contribution in [1.29, 1.82) is 0 Å². The second kappa shape index (κ2) is 8.00. The van der Waals surface area contributed by atoms with Crippen LogP contribution in [-0.2, 0) is 14.3 Å². The second-order valence-corrected chi connectivity index (χ2v) is 7.42. The molecule has 0 spiro atoms. The number of carbonyl (C=O) groups excluding carboxylic acids is 2. The third-order valence-electron chi connectivity index (χ3n) is 4.71. The summed E-state index contributed by atoms with van der Waals surface area (Å²) in [6.07, 6.45) is -7.44. The van der Waals surface area contributed by atoms with E-state index in [2.05, 4.69) is 0 Å². The zero-order valence-electron chi connectivity index (χ0n) is 13.9. The van der Waals surface area contributed by atoms with E-state index in [-0.39, 0.29) is 10.8 Å². The van der Waals surface area contributed by atoms with Crippen molar-refractivity contribution >= 4 is 35.0 Å². The third kappa shape index (κ3) is 4.27. The monoisotopic (exact) mass is 420 g/mol. The van der Waals surface area contributed by atoms with Crippen LogP contribution in [0.1, 0.15) is 16.8 Å². The van der Waals surface area contributed by atoms with Gasteiger partial charge in [-0.1, -0.05) is 23.2 Å². The molecule has 1 saturated heterocycles. The summed E-state index contributed by atoms with van der Waals surface area (Å²) in [5, 5.41) is 38.8. The van der Waals surface area contributed by atoms with E-state index < -0.39 is 55.1 Å². The summed E-state index contributed by atoms with van der Waals surface area (Å²) in [5.41, 5.74) is 0.343. The Hall–Kier alpha value is -1.26. The van der Waals surface area contributed by atoms with Crippen molar-refractivity contribution in [3.8, 4) is 0 Å². The van der Waals surface area contributed by atoms with Crippen molar-refractivity contribution in [1.82, 2.24) is 0 Å². The average molecular weight is 421 g/mol. The molecule has 0 aromatic heterocycles. The molecule has 148 valence electrons. The van der Waals surface area contributed by atoms with Crippen LogP contribution in [0, 0.1) is 11.8 Å². The second-order valence-electron chi connectivity index (χ2n) is 6.61. The summed E-state index contributed by atoms with van der Waals surface area (Å²) in [7, 11) is 0. The quantitative estimate of drug-likeness (QED) is 0.390. The summed E-state index contributed by atoms with van der Waals surface area (Å²) in [5.74, 6) is -2.07. The first-order valence-corrected chi connectivity index (χ1v) is 9.00. The van der Waals surface area contributed by atoms with Gasteiger partial charge in [-0.05, 0) is 24.6 Å². The van der Waals surface area contributed by atoms with Gasteiger partial charge in [-0.2, -0.15) is 0 Å². The van der Waals surface area contributed by atoms with Gasteiger partial charge in [-0.15, -0.1) is 0 Å². The van der Waals surface area contributed by atoms with E-state index in [0.29, 0.717) is 17.0 Å². The number of halogens is 2. The van der Waals surface area contributed by atoms with Crippen LogP contribution in [0.5, 0.6) is 0 Å². The van der Waals surface area contributed by atoms with E-state index in [1.54, 1.807) is 0 Å². The fourth-order valence-corrected chi connectivity index (χ4v) is 3.25. The summed E-state index contributed by atoms with van der Waals surface area (Å²) in [4.78, 5) is 24.5. The van der Waals surface area contributed by atoms with Gasteiger partial charge in [0.2, 0.25) is 0 Å². The number of ether oxygens (including phenoxy) is 2. The smallest absolute Gasteiger partial charge is 0.309 e. The lowest BCUT2D eigenvalue weighted by molar-refractivity contribution is -0.287. The topological polar surface area (TPSA) is 134 Å². The number of esters is 1. The molecule has 1 aliphatic heterocycles. The number of aliphatic hydroxyl groups is 4. The zero-order chi connectivity index (χ0) is 19.9. The van der Waals surface area contributed by atoms with Crippen LogP contribution in [0.15, 0.2) is 18.2 Å². The van der Waals surface area contributed by atoms with Crippen LogP contribution >= 0.6 is 23.2 Å². The Morgan fingerprint density at radius 2 is 1.74 bits per heavy atom. The highest BCUT2D eigenvalue weighted by atomic mass is 35.5. The fourth-order valence-electron chi connectivity index (χ4n) is 2.95. The normalized spacial score (nSPS) is 35.6. The van der Waals surface area contributed by atoms with Crippen LogP contribution in [-0.4, -0.2) is 69.5 Å². The highest BCUT2D eigenvalue weighted by Crippen LogP contribution is 2.42. The van der Waals surface area contributed by atoms with Gasteiger partial charge in [0.25, 0.3) is 0 Å². The van der Waals surface area contributed by atoms with Gasteiger partial charge < -0.3 is 29.9 Å². The molecule has 0 radical (unpaired) electrons. The molecule has 1 aliphatic carbocycles. The first-order valence-electron chi connectivity index (χ1n) is 8.24. The Morgan fingerprint density at radius 1 is 1.04 bits per heavy atom. The maximum Gasteiger partial charge on any atom is 0.309 e. The molecule has 1 aromatic carbocycles. The van der Waals surface area contributed by atoms with Crippen molar-refractivity contribution in [2.24, 2.45) is 11.8 Å². The van der Waals surface area contributed by atoms with Gasteiger partial charge in [0, 0.05) is 11.5 Å². The van der Waals surface area contributed by atoms with Gasteiger partial charge in [0.15, 0.2) is 12.1 Å². The van der Waals surface area contributed by atoms with Crippen molar-refractivity contribution in [2.75, 3.05) is 6.61 Å². The van der Waals surface area contributed by atoms with E-state index in [9.17, 15) is 30.0 Å². The first-order chi connectivity index (χ1) is 12.7. The molecule has 8 nitrogen and oxygen atoms in total. The molecular weight excluding hydrogens is 403 g/mol. The van der Waals surface area contributed by atoms with Crippen molar-refractivity contribution in [3.63, 3.8) is 0 Å². The zero-order valence-corrected chi connectivity index (χ0v) is 15.4. The molecule has 3 rings (SSSR count). The van der Waals surface area contributed by atoms with E-state index in [1.165, 1.54) is 18.2 Å². The standard InChI is InChI=1S/C17H18Cl2O8/c18-9-2-1-6(3-10(9)19)12(20)7-4-8(7)16(24)26-5-11-13(21)14(22)15(23)17(25)27-11/h1-3,7-8,11,13-15,17,21-23,25H,4-5H2/t7-,8-,11+,13-,14-,15+,17-/m0/s1. The van der Waals surface area contributed by atoms with Gasteiger partial charge in [0.05, 0.1) is 16.0 Å². The van der Waals surface area contributed by atoms with Gasteiger partial charge in [0.1, 0.15) is 31.0 Å². The van der Waals surface area contributed by atoms with Crippen molar-refractivity contribution < 1.29 is 39.5 Å². The maximum atomic E-state index is 12.4. The highest BCUT2D eigenvalue weighted by Gasteiger charge is 2.50. The maximum absolute atomic E-state index is 12.4. The minimum absolute atomic E-state index is 0.241. The van der Waals surface area contributed by atoms with E-state index >= 15 is 0 Å². The van der Waals surface area contributed by atoms with Crippen LogP contribution in [0.25, 0.3) is 0 Å². The van der Waals surface area contributed by atoms with E-state index in [0.717, 1.165) is 0 Å². The largest absolute Gasteiger partial charge is 0.463 e. The molecule has 2 aliphatic rings. The van der Waals surface area contributed by atoms with Gasteiger partial charge >= 0.3 is 5.97 Å². The van der Waals surface area contributed by atoms with Crippen molar-refractivity contribution in [3.05, 3.63) is 33.8 Å². The van der Waals surface area contributed by atoms with E-state index in [1.807, 2.05) is 0 Å². The average Bonchev–Trinajstić information content (AvgIpc) is 3.44. The molecule has 0 bridgehead atoms. The molecule has 7 atom stereocenters. The molecule has 0 amide bonds. The number of carbonyl (C=O) groups is 2. The summed E-state index contributed by atoms with van der Waals surface area (Å²) in [6, 6.07) is 4.46. The predicted octanol–water partition coefficient (Wildman–Crippen LogP) is 0.155. The Balaban J connectivity index is 1.53. The van der Waals surface area contributed by atoms with Crippen LogP contribution in [0.3, 0.4) is 0 Å². The van der Waals surface area contributed by atoms with Crippen LogP contribution in [0.4, 0.5) is 0 Å². The minimum atomic E-state index is -1.71. The number of ketones is 1. The number of Topliss-reactive ketones (excluding diaryl/α,β-unsaturated/α-hetero) is 1. The first kappa shape index (κ1) is 20.5. The number of benzene rings is 1. The Labute approximate surface area is 164 Å². The minimum Gasteiger partial charge on any atom is -0.463 e. The molecule has 1 saturated carbocycles. The molecule has 2 fully saturated rings. The van der Waals surface area contributed by atoms with Crippen LogP contribution in [0.2, 0.25) is 10.0 Å². The van der Waals surface area contributed by atoms with E-state index in [4.69, 9.17) is 32.7 Å². The summed E-state index contributed by atoms with van der Waals surface area (Å²) < 4.78 is 9.96.